The van der Waals surface area contributed by atoms with Gasteiger partial charge in [0, 0.05) is 0 Å². The van der Waals surface area contributed by atoms with E-state index in [0.29, 0.717) is 17.2 Å². The van der Waals surface area contributed by atoms with E-state index in [4.69, 9.17) is 9.47 Å². The van der Waals surface area contributed by atoms with Crippen LogP contribution >= 0.6 is 11.3 Å². The minimum absolute atomic E-state index is 0.0204. The topological polar surface area (TPSA) is 108 Å². The number of fused-ring (bicyclic) bond motifs is 1. The van der Waals surface area contributed by atoms with Crippen LogP contribution in [0, 0.1) is 0 Å². The first-order chi connectivity index (χ1) is 14.1. The normalized spacial score (nSPS) is 15.4. The molecule has 9 nitrogen and oxygen atoms in total. The Morgan fingerprint density at radius 1 is 1.24 bits per heavy atom. The number of nitrogens with one attached hydrogen (secondary N) is 1. The smallest absolute Gasteiger partial charge is 0.355 e. The van der Waals surface area contributed by atoms with Gasteiger partial charge < -0.3 is 14.8 Å². The highest BCUT2D eigenvalue weighted by Crippen LogP contribution is 2.37. The number of nitrogens with zero attached hydrogens (tertiary/aromatic N) is 4. The number of ether oxygens (including phenoxy) is 2. The highest BCUT2D eigenvalue weighted by Gasteiger charge is 2.38. The van der Waals surface area contributed by atoms with Crippen molar-refractivity contribution in [2.45, 2.75) is 13.0 Å². The summed E-state index contributed by atoms with van der Waals surface area (Å²) in [5, 5.41) is 16.3. The monoisotopic (exact) mass is 411 g/mol. The number of aromatic nitrogens is 4. The molecule has 29 heavy (non-hydrogen) atoms. The molecular weight excluding hydrogens is 394 g/mol. The molecule has 0 saturated heterocycles. The van der Waals surface area contributed by atoms with Crippen molar-refractivity contribution in [2.75, 3.05) is 19.0 Å². The number of carbonyl (C=O) groups is 2. The molecule has 1 atom stereocenters. The molecule has 148 valence electrons. The minimum Gasteiger partial charge on any atom is -0.494 e. The number of hydrogen-bond acceptors (Lipinski definition) is 9. The van der Waals surface area contributed by atoms with E-state index < -0.39 is 12.0 Å². The molecule has 2 aromatic heterocycles. The van der Waals surface area contributed by atoms with Crippen molar-refractivity contribution in [2.24, 2.45) is 0 Å². The van der Waals surface area contributed by atoms with Gasteiger partial charge in [0.1, 0.15) is 17.5 Å². The second kappa shape index (κ2) is 7.84. The summed E-state index contributed by atoms with van der Waals surface area (Å²) in [4.78, 5) is 26.4. The summed E-state index contributed by atoms with van der Waals surface area (Å²) < 4.78 is 11.9. The predicted molar refractivity (Wildman–Crippen MR) is 105 cm³/mol. The summed E-state index contributed by atoms with van der Waals surface area (Å²) in [6, 6.07) is 10.0. The molecule has 10 heteroatoms. The molecule has 0 radical (unpaired) electrons. The number of Topliss-reactive ketones (excluding diaryl/α,β-unsaturated/α-hetero) is 1. The van der Waals surface area contributed by atoms with Gasteiger partial charge in [0.05, 0.1) is 24.2 Å². The third-order valence-electron chi connectivity index (χ3n) is 4.40. The van der Waals surface area contributed by atoms with Crippen LogP contribution in [0.1, 0.15) is 28.2 Å². The van der Waals surface area contributed by atoms with Crippen molar-refractivity contribution < 1.29 is 19.1 Å². The Balaban J connectivity index is 1.89. The number of esters is 1. The van der Waals surface area contributed by atoms with Crippen molar-refractivity contribution in [3.63, 3.8) is 0 Å². The summed E-state index contributed by atoms with van der Waals surface area (Å²) >= 11 is 1.29. The molecule has 0 aliphatic carbocycles. The molecule has 1 aliphatic rings. The Kier molecular flexibility index (Phi) is 5.09. The molecular formula is C19H17N5O4S. The van der Waals surface area contributed by atoms with Gasteiger partial charge in [-0.05, 0) is 46.5 Å². The Labute approximate surface area is 169 Å². The molecule has 0 spiro atoms. The summed E-state index contributed by atoms with van der Waals surface area (Å²) in [5.41, 5.74) is 0.958. The molecule has 3 aromatic rings. The second-order valence-electron chi connectivity index (χ2n) is 6.06. The Bertz CT molecular complexity index is 1070. The van der Waals surface area contributed by atoms with E-state index in [1.165, 1.54) is 23.1 Å². The van der Waals surface area contributed by atoms with Crippen molar-refractivity contribution in [3.05, 3.63) is 63.5 Å². The van der Waals surface area contributed by atoms with Gasteiger partial charge in [0.25, 0.3) is 0 Å². The van der Waals surface area contributed by atoms with Gasteiger partial charge in [-0.15, -0.1) is 11.3 Å². The highest BCUT2D eigenvalue weighted by molar-refractivity contribution is 7.12. The Hall–Kier alpha value is -3.53. The average molecular weight is 411 g/mol. The van der Waals surface area contributed by atoms with Crippen molar-refractivity contribution >= 4 is 29.0 Å². The maximum Gasteiger partial charge on any atom is 0.355 e. The fraction of sp³-hybridized carbons (Fsp3) is 0.211. The molecule has 3 heterocycles. The maximum absolute atomic E-state index is 13.4. The van der Waals surface area contributed by atoms with Crippen LogP contribution in [0.5, 0.6) is 5.75 Å². The van der Waals surface area contributed by atoms with Crippen LogP contribution in [0.4, 0.5) is 5.95 Å². The van der Waals surface area contributed by atoms with Crippen molar-refractivity contribution in [1.82, 2.24) is 20.2 Å². The molecule has 0 bridgehead atoms. The lowest BCUT2D eigenvalue weighted by Gasteiger charge is -2.27. The lowest BCUT2D eigenvalue weighted by Crippen LogP contribution is -2.32. The summed E-state index contributed by atoms with van der Waals surface area (Å²) in [6.07, 6.45) is 0. The molecule has 0 unspecified atom stereocenters. The number of ketones is 1. The quantitative estimate of drug-likeness (QED) is 0.487. The van der Waals surface area contributed by atoms with Gasteiger partial charge >= 0.3 is 5.97 Å². The third kappa shape index (κ3) is 3.38. The molecule has 0 amide bonds. The third-order valence-corrected chi connectivity index (χ3v) is 5.27. The number of allylic oxidation sites excluding steroid dienone is 1. The van der Waals surface area contributed by atoms with E-state index in [-0.39, 0.29) is 23.0 Å². The van der Waals surface area contributed by atoms with Crippen LogP contribution in [0.2, 0.25) is 0 Å². The fourth-order valence-corrected chi connectivity index (χ4v) is 3.83. The van der Waals surface area contributed by atoms with Crippen LogP contribution in [-0.4, -0.2) is 45.7 Å². The number of methoxy groups -OCH3 is 1. The zero-order valence-electron chi connectivity index (χ0n) is 15.7. The van der Waals surface area contributed by atoms with E-state index in [1.54, 1.807) is 29.6 Å². The first-order valence-electron chi connectivity index (χ1n) is 8.82. The first-order valence-corrected chi connectivity index (χ1v) is 9.70. The molecule has 0 saturated carbocycles. The van der Waals surface area contributed by atoms with Gasteiger partial charge in [-0.2, -0.15) is 4.68 Å². The van der Waals surface area contributed by atoms with Gasteiger partial charge in [0.2, 0.25) is 11.7 Å². The molecule has 0 fully saturated rings. The average Bonchev–Trinajstić information content (AvgIpc) is 3.44. The van der Waals surface area contributed by atoms with Gasteiger partial charge in [-0.3, -0.25) is 4.79 Å². The summed E-state index contributed by atoms with van der Waals surface area (Å²) in [5.74, 6) is -0.0273. The van der Waals surface area contributed by atoms with E-state index in [9.17, 15) is 9.59 Å². The molecule has 1 aliphatic heterocycles. The fourth-order valence-electron chi connectivity index (χ4n) is 3.15. The lowest BCUT2D eigenvalue weighted by molar-refractivity contribution is -0.136. The van der Waals surface area contributed by atoms with Crippen LogP contribution in [-0.2, 0) is 9.53 Å². The predicted octanol–water partition coefficient (Wildman–Crippen LogP) is 2.46. The minimum atomic E-state index is -0.708. The zero-order valence-corrected chi connectivity index (χ0v) is 16.5. The van der Waals surface area contributed by atoms with Crippen LogP contribution < -0.4 is 10.1 Å². The largest absolute Gasteiger partial charge is 0.494 e. The summed E-state index contributed by atoms with van der Waals surface area (Å²) in [7, 11) is 1.26. The van der Waals surface area contributed by atoms with Crippen LogP contribution in [0.25, 0.3) is 0 Å². The molecule has 1 aromatic carbocycles. The Morgan fingerprint density at radius 2 is 2.03 bits per heavy atom. The van der Waals surface area contributed by atoms with Crippen LogP contribution in [0.3, 0.4) is 0 Å². The number of hydrogen-bond donors (Lipinski definition) is 1. The zero-order chi connectivity index (χ0) is 20.4. The van der Waals surface area contributed by atoms with E-state index >= 15 is 0 Å². The number of benzene rings is 1. The summed E-state index contributed by atoms with van der Waals surface area (Å²) in [6.45, 7) is 2.44. The Morgan fingerprint density at radius 3 is 2.69 bits per heavy atom. The highest BCUT2D eigenvalue weighted by atomic mass is 32.1. The number of thiophene rings is 1. The maximum atomic E-state index is 13.4. The first kappa shape index (κ1) is 18.8. The molecule has 1 N–H and O–H groups in total. The van der Waals surface area contributed by atoms with E-state index in [2.05, 4.69) is 20.8 Å². The van der Waals surface area contributed by atoms with E-state index in [0.717, 1.165) is 5.56 Å². The van der Waals surface area contributed by atoms with Gasteiger partial charge in [-0.25, -0.2) is 4.79 Å². The van der Waals surface area contributed by atoms with Crippen molar-refractivity contribution in [3.8, 4) is 5.75 Å². The van der Waals surface area contributed by atoms with Gasteiger partial charge in [-0.1, -0.05) is 23.3 Å². The lowest BCUT2D eigenvalue weighted by atomic mass is 9.91. The number of rotatable bonds is 6. The number of carbonyl (C=O) groups excluding carboxylic acids is 2. The van der Waals surface area contributed by atoms with Crippen LogP contribution in [0.15, 0.2) is 53.0 Å². The van der Waals surface area contributed by atoms with Crippen molar-refractivity contribution in [1.29, 1.82) is 0 Å². The number of tetrazole rings is 1. The SMILES string of the molecule is CCOc1ccc([C@@H]2C(C(=O)c3cccs3)=C(C(=O)OC)Nc3nnnn32)cc1. The standard InChI is InChI=1S/C19H17N5O4S/c1-3-28-12-8-6-11(7-9-12)16-14(17(25)13-5-4-10-29-13)15(18(26)27-2)20-19-21-22-23-24(16)19/h4-10,16H,3H2,1-2H3,(H,20,21,23)/t16-/m1/s1. The van der Waals surface area contributed by atoms with Gasteiger partial charge in [0.15, 0.2) is 0 Å². The molecule has 4 rings (SSSR count). The second-order valence-corrected chi connectivity index (χ2v) is 7.01. The van der Waals surface area contributed by atoms with E-state index in [1.807, 2.05) is 19.1 Å². The number of anilines is 1.